The van der Waals surface area contributed by atoms with Crippen LogP contribution < -0.4 is 21.7 Å². The van der Waals surface area contributed by atoms with Crippen LogP contribution in [0.2, 0.25) is 0 Å². The number of nitrogens with zero attached hydrogens (tertiary/aromatic N) is 1. The minimum Gasteiger partial charge on any atom is -1.00 e. The molecule has 32 heavy (non-hydrogen) atoms. The van der Waals surface area contributed by atoms with Crippen molar-refractivity contribution in [1.82, 2.24) is 4.72 Å². The first-order chi connectivity index (χ1) is 14.6. The number of hydrogen-bond acceptors (Lipinski definition) is 3. The number of sulfonamides is 1. The molecular formula is C25H47BrN2O3S. The van der Waals surface area contributed by atoms with Crippen molar-refractivity contribution in [2.24, 2.45) is 0 Å². The summed E-state index contributed by atoms with van der Waals surface area (Å²) in [6.45, 7) is 8.37. The maximum atomic E-state index is 12.8. The Kier molecular flexibility index (Phi) is 16.0. The van der Waals surface area contributed by atoms with Crippen molar-refractivity contribution < 1.29 is 35.0 Å². The average molecular weight is 536 g/mol. The highest BCUT2D eigenvalue weighted by atomic mass is 79.9. The van der Waals surface area contributed by atoms with E-state index in [9.17, 15) is 8.42 Å². The zero-order valence-corrected chi connectivity index (χ0v) is 23.5. The van der Waals surface area contributed by atoms with Crippen molar-refractivity contribution in [3.63, 3.8) is 0 Å². The molecule has 188 valence electrons. The molecule has 7 heteroatoms. The number of hydrogen-bond donors (Lipinski definition) is 2. The Bertz CT molecular complexity index is 729. The second kappa shape index (κ2) is 16.2. The molecule has 0 radical (unpaired) electrons. The fourth-order valence-electron chi connectivity index (χ4n) is 4.32. The molecule has 5 nitrogen and oxygen atoms in total. The number of quaternary nitrogens is 1. The van der Waals surface area contributed by atoms with Crippen molar-refractivity contribution in [3.05, 3.63) is 28.8 Å². The van der Waals surface area contributed by atoms with Gasteiger partial charge in [0.05, 0.1) is 38.6 Å². The molecule has 0 saturated heterocycles. The minimum absolute atomic E-state index is 0. The fraction of sp³-hybridized carbons (Fsp3) is 0.760. The van der Waals surface area contributed by atoms with E-state index in [0.717, 1.165) is 47.1 Å². The van der Waals surface area contributed by atoms with Crippen molar-refractivity contribution in [3.8, 4) is 0 Å². The highest BCUT2D eigenvalue weighted by Gasteiger charge is 2.21. The van der Waals surface area contributed by atoms with Crippen LogP contribution in [0, 0.1) is 20.8 Å². The van der Waals surface area contributed by atoms with Crippen LogP contribution >= 0.6 is 0 Å². The summed E-state index contributed by atoms with van der Waals surface area (Å²) in [6.07, 6.45) is 12.3. The summed E-state index contributed by atoms with van der Waals surface area (Å²) in [7, 11) is 0.888. The van der Waals surface area contributed by atoms with E-state index in [0.29, 0.717) is 18.0 Å². The monoisotopic (exact) mass is 534 g/mol. The molecule has 0 aromatic heterocycles. The largest absolute Gasteiger partial charge is 1.00 e. The van der Waals surface area contributed by atoms with Crippen LogP contribution in [-0.4, -0.2) is 58.3 Å². The molecule has 1 rings (SSSR count). The van der Waals surface area contributed by atoms with Gasteiger partial charge in [-0.05, 0) is 51.2 Å². The normalized spacial score (nSPS) is 12.1. The molecule has 1 aromatic rings. The summed E-state index contributed by atoms with van der Waals surface area (Å²) in [4.78, 5) is 0.428. The van der Waals surface area contributed by atoms with E-state index in [1.807, 2.05) is 32.9 Å². The molecule has 0 heterocycles. The van der Waals surface area contributed by atoms with Gasteiger partial charge in [-0.25, -0.2) is 13.1 Å². The number of aliphatic hydroxyl groups excluding tert-OH is 1. The zero-order valence-electron chi connectivity index (χ0n) is 21.1. The predicted octanol–water partition coefficient (Wildman–Crippen LogP) is 1.86. The van der Waals surface area contributed by atoms with Gasteiger partial charge in [-0.15, -0.1) is 0 Å². The van der Waals surface area contributed by atoms with Gasteiger partial charge in [0.2, 0.25) is 10.0 Å². The third-order valence-electron chi connectivity index (χ3n) is 6.05. The van der Waals surface area contributed by atoms with E-state index >= 15 is 0 Å². The molecule has 0 amide bonds. The Labute approximate surface area is 208 Å². The first kappa shape index (κ1) is 31.5. The van der Waals surface area contributed by atoms with Crippen LogP contribution in [0.4, 0.5) is 0 Å². The molecule has 0 aliphatic rings. The Morgan fingerprint density at radius 2 is 1.22 bits per heavy atom. The van der Waals surface area contributed by atoms with Gasteiger partial charge in [0, 0.05) is 6.61 Å². The molecule has 0 bridgehead atoms. The van der Waals surface area contributed by atoms with Crippen molar-refractivity contribution in [2.45, 2.75) is 89.9 Å². The van der Waals surface area contributed by atoms with Crippen LogP contribution in [0.25, 0.3) is 0 Å². The summed E-state index contributed by atoms with van der Waals surface area (Å²) in [6, 6.07) is 3.86. The number of nitrogens with one attached hydrogen (secondary N) is 1. The lowest BCUT2D eigenvalue weighted by molar-refractivity contribution is -0.889. The van der Waals surface area contributed by atoms with Gasteiger partial charge in [-0.3, -0.25) is 0 Å². The average Bonchev–Trinajstić information content (AvgIpc) is 2.64. The smallest absolute Gasteiger partial charge is 0.241 e. The van der Waals surface area contributed by atoms with E-state index in [1.54, 1.807) is 0 Å². The number of rotatable bonds is 17. The van der Waals surface area contributed by atoms with Gasteiger partial charge in [0.15, 0.2) is 0 Å². The number of aryl methyl sites for hydroxylation is 3. The van der Waals surface area contributed by atoms with Crippen molar-refractivity contribution in [2.75, 3.05) is 40.3 Å². The Morgan fingerprint density at radius 3 is 1.69 bits per heavy atom. The van der Waals surface area contributed by atoms with Gasteiger partial charge >= 0.3 is 0 Å². The Hall–Kier alpha value is -0.470. The maximum Gasteiger partial charge on any atom is 0.241 e. The van der Waals surface area contributed by atoms with Crippen LogP contribution in [0.3, 0.4) is 0 Å². The standard InChI is InChI=1S/C25H47N2O3S.BrH/c1-22-20-23(2)25(24(3)21-22)31(29,30)26-16-18-27(4,5)17-14-12-10-8-6-7-9-11-13-15-19-28;/h20-21,26,28H,6-19H2,1-5H3;1H/q+1;/p-1. The van der Waals surface area contributed by atoms with E-state index < -0.39 is 10.0 Å². The second-order valence-electron chi connectivity index (χ2n) is 9.77. The summed E-state index contributed by atoms with van der Waals surface area (Å²) < 4.78 is 29.3. The number of benzene rings is 1. The fourth-order valence-corrected chi connectivity index (χ4v) is 5.79. The molecule has 1 aromatic carbocycles. The lowest BCUT2D eigenvalue weighted by Crippen LogP contribution is -3.00. The molecule has 0 saturated carbocycles. The molecule has 2 N–H and O–H groups in total. The lowest BCUT2D eigenvalue weighted by atomic mass is 10.1. The molecule has 0 aliphatic heterocycles. The van der Waals surface area contributed by atoms with Crippen LogP contribution in [0.5, 0.6) is 0 Å². The van der Waals surface area contributed by atoms with Gasteiger partial charge < -0.3 is 26.6 Å². The number of likely N-dealkylation sites (N-methyl/N-ethyl adjacent to an activating group) is 1. The molecule has 0 unspecified atom stereocenters. The molecule has 0 atom stereocenters. The topological polar surface area (TPSA) is 66.4 Å². The summed E-state index contributed by atoms with van der Waals surface area (Å²) in [5.74, 6) is 0. The molecule has 0 aliphatic carbocycles. The highest BCUT2D eigenvalue weighted by molar-refractivity contribution is 7.89. The van der Waals surface area contributed by atoms with Crippen molar-refractivity contribution >= 4 is 10.0 Å². The van der Waals surface area contributed by atoms with Gasteiger partial charge in [0.25, 0.3) is 0 Å². The lowest BCUT2D eigenvalue weighted by Gasteiger charge is -2.30. The Balaban J connectivity index is 0.00000961. The van der Waals surface area contributed by atoms with Crippen molar-refractivity contribution in [1.29, 1.82) is 0 Å². The van der Waals surface area contributed by atoms with E-state index in [-0.39, 0.29) is 17.0 Å². The number of halogens is 1. The minimum atomic E-state index is -3.48. The van der Waals surface area contributed by atoms with E-state index in [2.05, 4.69) is 18.8 Å². The second-order valence-corrected chi connectivity index (χ2v) is 11.5. The first-order valence-corrected chi connectivity index (χ1v) is 13.6. The molecule has 0 fully saturated rings. The summed E-state index contributed by atoms with van der Waals surface area (Å²) in [5.41, 5.74) is 2.71. The van der Waals surface area contributed by atoms with Crippen LogP contribution in [0.15, 0.2) is 17.0 Å². The van der Waals surface area contributed by atoms with Gasteiger partial charge in [0.1, 0.15) is 0 Å². The van der Waals surface area contributed by atoms with E-state index in [1.165, 1.54) is 51.4 Å². The third-order valence-corrected chi connectivity index (χ3v) is 7.82. The number of unbranched alkanes of at least 4 members (excludes halogenated alkanes) is 9. The van der Waals surface area contributed by atoms with Crippen LogP contribution in [-0.2, 0) is 10.0 Å². The predicted molar refractivity (Wildman–Crippen MR) is 131 cm³/mol. The quantitative estimate of drug-likeness (QED) is 0.237. The Morgan fingerprint density at radius 1 is 0.781 bits per heavy atom. The maximum absolute atomic E-state index is 12.8. The molecular weight excluding hydrogens is 488 g/mol. The van der Waals surface area contributed by atoms with Gasteiger partial charge in [-0.2, -0.15) is 0 Å². The summed E-state index contributed by atoms with van der Waals surface area (Å²) in [5, 5.41) is 8.77. The SMILES string of the molecule is Cc1cc(C)c(S(=O)(=O)NCC[N+](C)(C)CCCCCCCCCCCCO)c(C)c1.[Br-]. The number of aliphatic hydroxyl groups is 1. The molecule has 0 spiro atoms. The highest BCUT2D eigenvalue weighted by Crippen LogP contribution is 2.21. The third kappa shape index (κ3) is 12.7. The zero-order chi connectivity index (χ0) is 23.3. The van der Waals surface area contributed by atoms with E-state index in [4.69, 9.17) is 5.11 Å². The van der Waals surface area contributed by atoms with Crippen LogP contribution in [0.1, 0.15) is 80.9 Å². The first-order valence-electron chi connectivity index (χ1n) is 12.1. The van der Waals surface area contributed by atoms with Gasteiger partial charge in [-0.1, -0.05) is 62.6 Å². The summed E-state index contributed by atoms with van der Waals surface area (Å²) >= 11 is 0.